The molecule has 0 unspecified atom stereocenters. The van der Waals surface area contributed by atoms with Crippen molar-refractivity contribution in [2.45, 2.75) is 62.3 Å². The van der Waals surface area contributed by atoms with Gasteiger partial charge in [-0.3, -0.25) is 23.8 Å². The van der Waals surface area contributed by atoms with Crippen LogP contribution in [-0.2, 0) is 50.0 Å². The van der Waals surface area contributed by atoms with Crippen LogP contribution in [-0.4, -0.2) is 121 Å². The van der Waals surface area contributed by atoms with Gasteiger partial charge < -0.3 is 41.5 Å². The van der Waals surface area contributed by atoms with E-state index in [2.05, 4.69) is 19.7 Å². The van der Waals surface area contributed by atoms with E-state index in [1.165, 1.54) is 31.0 Å². The number of aromatic nitrogens is 2. The van der Waals surface area contributed by atoms with Crippen molar-refractivity contribution in [2.75, 3.05) is 18.0 Å². The van der Waals surface area contributed by atoms with Gasteiger partial charge in [0.2, 0.25) is 11.5 Å². The molecule has 0 saturated carbocycles. The number of aliphatic carboxylic acids is 2. The molecule has 3 fully saturated rings. The molecule has 54 heavy (non-hydrogen) atoms. The Morgan fingerprint density at radius 2 is 1.87 bits per heavy atom. The summed E-state index contributed by atoms with van der Waals surface area (Å²) in [5, 5.41) is 28.9. The number of carboxylic acids is 2. The number of β-lactam (4-membered cyclic amide) rings is 1. The summed E-state index contributed by atoms with van der Waals surface area (Å²) in [5.41, 5.74) is 8.96. The maximum absolute atomic E-state index is 13.1. The number of amides is 5. The number of carbonyl (C=O) groups excluding carboxylic acids is 5. The molecule has 3 saturated heterocycles. The standard InChI is InChI=1S/C22H22N6O7S2.C7H11N3O6S/c1-22(2,20(33)34)35-26-13(12-10-37-21(23)24-12)16(29)25-14-17(30)28-15(19(31)32)11(9-36-18(14)28)8-27-6-4-3-5-7-27;8-6(11)5-2-1-4-3-9(5)7(12)10(4)16-17(13,14)15/h3-7,10,14,18H,8-9H2,1-2H3,(H4-,23,24,25,29,31,32,33,34);4-5H,1-3H2,(H2,8,11)(H,13,14,15)/b26-13+;/t14-,18-;4-,5+/m11/s1. The molecule has 290 valence electrons. The van der Waals surface area contributed by atoms with E-state index in [1.807, 2.05) is 6.07 Å². The molecule has 22 nitrogen and oxygen atoms in total. The van der Waals surface area contributed by atoms with E-state index in [9.17, 15) is 47.4 Å². The second-order valence-electron chi connectivity index (χ2n) is 12.5. The molecule has 25 heteroatoms. The normalized spacial score (nSPS) is 22.5. The number of primary amides is 1. The Labute approximate surface area is 314 Å². The molecule has 4 aliphatic rings. The van der Waals surface area contributed by atoms with Gasteiger partial charge in [0.05, 0.1) is 17.7 Å². The Kier molecular flexibility index (Phi) is 11.5. The first-order chi connectivity index (χ1) is 25.3. The Morgan fingerprint density at radius 1 is 1.19 bits per heavy atom. The molecule has 0 aromatic carbocycles. The van der Waals surface area contributed by atoms with E-state index in [4.69, 9.17) is 20.9 Å². The van der Waals surface area contributed by atoms with Crippen LogP contribution >= 0.6 is 23.1 Å². The molecule has 2 aromatic rings. The summed E-state index contributed by atoms with van der Waals surface area (Å²) in [6.07, 6.45) is 4.28. The highest BCUT2D eigenvalue weighted by Gasteiger charge is 2.54. The number of rotatable bonds is 12. The van der Waals surface area contributed by atoms with E-state index < -0.39 is 75.2 Å². The summed E-state index contributed by atoms with van der Waals surface area (Å²) < 4.78 is 35.6. The number of thioether (sulfide) groups is 1. The molecular weight excluding hydrogens is 779 g/mol. The topological polar surface area (TPSA) is 321 Å². The third-order valence-electron chi connectivity index (χ3n) is 8.36. The summed E-state index contributed by atoms with van der Waals surface area (Å²) in [6, 6.07) is 2.33. The van der Waals surface area contributed by atoms with Crippen molar-refractivity contribution >= 4 is 80.0 Å². The Morgan fingerprint density at radius 3 is 2.44 bits per heavy atom. The average Bonchev–Trinajstić information content (AvgIpc) is 3.62. The number of anilines is 1. The number of carbonyl (C=O) groups is 6. The summed E-state index contributed by atoms with van der Waals surface area (Å²) in [4.78, 5) is 83.6. The van der Waals surface area contributed by atoms with E-state index in [0.29, 0.717) is 29.2 Å². The predicted octanol–water partition coefficient (Wildman–Crippen LogP) is -2.82. The first-order valence-electron chi connectivity index (χ1n) is 15.7. The number of thiazole rings is 1. The Balaban J connectivity index is 0.000000274. The minimum Gasteiger partial charge on any atom is -0.543 e. The van der Waals surface area contributed by atoms with Gasteiger partial charge in [0.25, 0.3) is 11.8 Å². The third kappa shape index (κ3) is 8.54. The number of nitrogens with zero attached hydrogens (tertiary/aromatic N) is 6. The fourth-order valence-corrected chi connectivity index (χ4v) is 7.96. The lowest BCUT2D eigenvalue weighted by Gasteiger charge is -2.50. The maximum Gasteiger partial charge on any atom is 0.418 e. The van der Waals surface area contributed by atoms with Gasteiger partial charge in [-0.15, -0.1) is 27.4 Å². The summed E-state index contributed by atoms with van der Waals surface area (Å²) in [5.74, 6) is -4.65. The lowest BCUT2D eigenvalue weighted by atomic mass is 10.0. The lowest BCUT2D eigenvalue weighted by Crippen LogP contribution is -2.71. The highest BCUT2D eigenvalue weighted by molar-refractivity contribution is 8.00. The maximum atomic E-state index is 13.1. The van der Waals surface area contributed by atoms with Crippen LogP contribution in [0.4, 0.5) is 9.93 Å². The Hall–Kier alpha value is -5.37. The van der Waals surface area contributed by atoms with E-state index in [1.54, 1.807) is 29.1 Å². The van der Waals surface area contributed by atoms with Gasteiger partial charge in [-0.2, -0.15) is 13.5 Å². The van der Waals surface area contributed by atoms with Crippen LogP contribution in [0.1, 0.15) is 32.4 Å². The van der Waals surface area contributed by atoms with Gasteiger partial charge >= 0.3 is 22.4 Å². The number of pyridine rings is 1. The van der Waals surface area contributed by atoms with Gasteiger partial charge in [-0.1, -0.05) is 11.2 Å². The predicted molar refractivity (Wildman–Crippen MR) is 182 cm³/mol. The van der Waals surface area contributed by atoms with Crippen LogP contribution < -0.4 is 26.5 Å². The highest BCUT2D eigenvalue weighted by Crippen LogP contribution is 2.40. The number of nitrogen functional groups attached to an aromatic ring is 1. The first kappa shape index (κ1) is 39.8. The van der Waals surface area contributed by atoms with Crippen molar-refractivity contribution in [1.29, 1.82) is 0 Å². The SMILES string of the molecule is CC(C)(O/N=C(/C(=O)N[C@@H]1C(=O)N2C(C(=O)[O-])=C(C[n+]3ccccc3)CS[C@H]12)c1csc(N)n1)C(=O)O.NC(=O)[C@@H]1CC[C@@H]2CN1C(=O)N2OS(=O)(=O)O. The van der Waals surface area contributed by atoms with Crippen molar-refractivity contribution in [3.8, 4) is 0 Å². The molecule has 2 aromatic heterocycles. The molecule has 7 N–H and O–H groups in total. The largest absolute Gasteiger partial charge is 0.543 e. The molecule has 5 amide bonds. The van der Waals surface area contributed by atoms with Crippen molar-refractivity contribution in [1.82, 2.24) is 25.2 Å². The molecule has 4 aliphatic heterocycles. The van der Waals surface area contributed by atoms with Crippen LogP contribution in [0.3, 0.4) is 0 Å². The second kappa shape index (κ2) is 15.5. The lowest BCUT2D eigenvalue weighted by molar-refractivity contribution is -0.689. The molecule has 0 aliphatic carbocycles. The zero-order valence-electron chi connectivity index (χ0n) is 28.3. The zero-order valence-corrected chi connectivity index (χ0v) is 30.7. The molecule has 0 radical (unpaired) electrons. The van der Waals surface area contributed by atoms with E-state index in [-0.39, 0.29) is 35.3 Å². The number of hydroxylamine groups is 2. The van der Waals surface area contributed by atoms with Crippen molar-refractivity contribution < 1.29 is 65.6 Å². The van der Waals surface area contributed by atoms with Gasteiger partial charge in [0.1, 0.15) is 23.2 Å². The van der Waals surface area contributed by atoms with Gasteiger partial charge in [0, 0.05) is 35.4 Å². The van der Waals surface area contributed by atoms with Crippen LogP contribution in [0.5, 0.6) is 0 Å². The quantitative estimate of drug-likeness (QED) is 0.0474. The van der Waals surface area contributed by atoms with Crippen LogP contribution in [0.25, 0.3) is 0 Å². The molecule has 4 atom stereocenters. The van der Waals surface area contributed by atoms with Gasteiger partial charge in [-0.25, -0.2) is 19.1 Å². The summed E-state index contributed by atoms with van der Waals surface area (Å²) in [6.45, 7) is 2.90. The first-order valence-corrected chi connectivity index (χ1v) is 19.0. The van der Waals surface area contributed by atoms with E-state index >= 15 is 0 Å². The van der Waals surface area contributed by atoms with Crippen molar-refractivity contribution in [2.24, 2.45) is 10.9 Å². The average molecular weight is 812 g/mol. The van der Waals surface area contributed by atoms with Gasteiger partial charge in [-0.05, 0) is 26.7 Å². The summed E-state index contributed by atoms with van der Waals surface area (Å²) in [7, 11) is -4.75. The zero-order chi connectivity index (χ0) is 39.7. The number of nitrogens with two attached hydrogens (primary N) is 2. The number of piperidine rings is 1. The Bertz CT molecular complexity index is 2040. The molecule has 0 spiro atoms. The second-order valence-corrected chi connectivity index (χ2v) is 15.5. The molecule has 2 bridgehead atoms. The van der Waals surface area contributed by atoms with Gasteiger partial charge in [0.15, 0.2) is 29.8 Å². The molecular formula is C29H33N9O13S3. The summed E-state index contributed by atoms with van der Waals surface area (Å²) >= 11 is 2.32. The monoisotopic (exact) mass is 811 g/mol. The van der Waals surface area contributed by atoms with Crippen LogP contribution in [0, 0.1) is 0 Å². The van der Waals surface area contributed by atoms with Crippen molar-refractivity contribution in [3.05, 3.63) is 52.9 Å². The number of hydrogen-bond donors (Lipinski definition) is 5. The van der Waals surface area contributed by atoms with Crippen LogP contribution in [0.15, 0.2) is 52.4 Å². The van der Waals surface area contributed by atoms with Crippen molar-refractivity contribution in [3.63, 3.8) is 0 Å². The molecule has 6 heterocycles. The minimum atomic E-state index is -4.75. The van der Waals surface area contributed by atoms with E-state index in [0.717, 1.165) is 21.1 Å². The highest BCUT2D eigenvalue weighted by atomic mass is 32.3. The smallest absolute Gasteiger partial charge is 0.418 e. The fourth-order valence-electron chi connectivity index (χ4n) is 5.69. The number of nitrogens with one attached hydrogen (secondary N) is 1. The number of oxime groups is 1. The molecule has 6 rings (SSSR count). The van der Waals surface area contributed by atoms with Crippen LogP contribution in [0.2, 0.25) is 0 Å². The third-order valence-corrected chi connectivity index (χ3v) is 10.7. The minimum absolute atomic E-state index is 0.0265. The number of urea groups is 1. The number of hydrogen-bond acceptors (Lipinski definition) is 16. The number of fused-ring (bicyclic) bond motifs is 3. The fraction of sp³-hybridized carbons (Fsp3) is 0.414. The number of carboxylic acid groups (broad SMARTS) is 2.